The SMILES string of the molecule is CCCCCC(Cl)CC(=O)OC(C)Cl. The van der Waals surface area contributed by atoms with Crippen molar-refractivity contribution in [1.82, 2.24) is 0 Å². The van der Waals surface area contributed by atoms with Crippen molar-refractivity contribution >= 4 is 29.2 Å². The first kappa shape index (κ1) is 14.1. The Balaban J connectivity index is 3.50. The number of ether oxygens (including phenoxy) is 1. The lowest BCUT2D eigenvalue weighted by atomic mass is 10.1. The molecule has 4 heteroatoms. The predicted octanol–water partition coefficient (Wildman–Crippen LogP) is 3.69. The Hall–Kier alpha value is 0.0500. The fourth-order valence-corrected chi connectivity index (χ4v) is 1.51. The minimum atomic E-state index is -0.568. The zero-order valence-electron chi connectivity index (χ0n) is 8.76. The third kappa shape index (κ3) is 8.64. The molecule has 2 nitrogen and oxygen atoms in total. The second-order valence-corrected chi connectivity index (χ2v) is 4.56. The molecular formula is C10H18Cl2O2. The summed E-state index contributed by atoms with van der Waals surface area (Å²) in [5.41, 5.74) is -0.568. The lowest BCUT2D eigenvalue weighted by molar-refractivity contribution is -0.144. The van der Waals surface area contributed by atoms with Crippen LogP contribution < -0.4 is 0 Å². The number of alkyl halides is 2. The van der Waals surface area contributed by atoms with Gasteiger partial charge < -0.3 is 4.74 Å². The van der Waals surface area contributed by atoms with E-state index in [1.165, 1.54) is 0 Å². The number of carbonyl (C=O) groups is 1. The van der Waals surface area contributed by atoms with Gasteiger partial charge in [-0.25, -0.2) is 0 Å². The highest BCUT2D eigenvalue weighted by Crippen LogP contribution is 2.14. The molecule has 2 unspecified atom stereocenters. The Bertz CT molecular complexity index is 160. The van der Waals surface area contributed by atoms with E-state index < -0.39 is 5.56 Å². The van der Waals surface area contributed by atoms with E-state index in [-0.39, 0.29) is 17.8 Å². The Kier molecular flexibility index (Phi) is 8.40. The van der Waals surface area contributed by atoms with Gasteiger partial charge in [0.15, 0.2) is 5.56 Å². The summed E-state index contributed by atoms with van der Waals surface area (Å²) in [6.07, 6.45) is 4.49. The molecule has 0 aliphatic rings. The van der Waals surface area contributed by atoms with Crippen molar-refractivity contribution < 1.29 is 9.53 Å². The van der Waals surface area contributed by atoms with E-state index in [0.717, 1.165) is 25.7 Å². The van der Waals surface area contributed by atoms with Crippen LogP contribution in [0.5, 0.6) is 0 Å². The highest BCUT2D eigenvalue weighted by atomic mass is 35.5. The Labute approximate surface area is 95.9 Å². The van der Waals surface area contributed by atoms with E-state index in [4.69, 9.17) is 27.9 Å². The lowest BCUT2D eigenvalue weighted by Gasteiger charge is -2.09. The molecule has 0 aromatic rings. The van der Waals surface area contributed by atoms with Crippen molar-refractivity contribution in [3.8, 4) is 0 Å². The maximum absolute atomic E-state index is 11.1. The molecule has 14 heavy (non-hydrogen) atoms. The monoisotopic (exact) mass is 240 g/mol. The smallest absolute Gasteiger partial charge is 0.308 e. The average Bonchev–Trinajstić information content (AvgIpc) is 2.02. The number of hydrogen-bond donors (Lipinski definition) is 0. The van der Waals surface area contributed by atoms with Gasteiger partial charge in [-0.3, -0.25) is 4.79 Å². The molecular weight excluding hydrogens is 223 g/mol. The van der Waals surface area contributed by atoms with Gasteiger partial charge in [0.05, 0.1) is 6.42 Å². The minimum Gasteiger partial charge on any atom is -0.446 e. The summed E-state index contributed by atoms with van der Waals surface area (Å²) in [6.45, 7) is 3.74. The number of esters is 1. The van der Waals surface area contributed by atoms with Crippen molar-refractivity contribution in [2.75, 3.05) is 0 Å². The van der Waals surface area contributed by atoms with Crippen molar-refractivity contribution in [3.63, 3.8) is 0 Å². The molecule has 0 N–H and O–H groups in total. The van der Waals surface area contributed by atoms with Crippen molar-refractivity contribution in [1.29, 1.82) is 0 Å². The van der Waals surface area contributed by atoms with Crippen LogP contribution in [0.4, 0.5) is 0 Å². The highest BCUT2D eigenvalue weighted by Gasteiger charge is 2.13. The van der Waals surface area contributed by atoms with E-state index in [2.05, 4.69) is 6.92 Å². The molecule has 0 aliphatic heterocycles. The highest BCUT2D eigenvalue weighted by molar-refractivity contribution is 6.22. The Morgan fingerprint density at radius 3 is 2.50 bits per heavy atom. The van der Waals surface area contributed by atoms with Gasteiger partial charge in [0.1, 0.15) is 0 Å². The Morgan fingerprint density at radius 1 is 1.36 bits per heavy atom. The third-order valence-electron chi connectivity index (χ3n) is 1.80. The van der Waals surface area contributed by atoms with E-state index in [1.807, 2.05) is 0 Å². The standard InChI is InChI=1S/C10H18Cl2O2/c1-3-4-5-6-9(12)7-10(13)14-8(2)11/h8-9H,3-7H2,1-2H3. The topological polar surface area (TPSA) is 26.3 Å². The molecule has 0 saturated carbocycles. The number of halogens is 2. The second kappa shape index (κ2) is 8.37. The summed E-state index contributed by atoms with van der Waals surface area (Å²) in [6, 6.07) is 0. The van der Waals surface area contributed by atoms with Crippen molar-refractivity contribution in [2.24, 2.45) is 0 Å². The summed E-state index contributed by atoms with van der Waals surface area (Å²) < 4.78 is 4.77. The quantitative estimate of drug-likeness (QED) is 0.386. The van der Waals surface area contributed by atoms with Crippen LogP contribution >= 0.6 is 23.2 Å². The summed E-state index contributed by atoms with van der Waals surface area (Å²) in [5, 5.41) is -0.121. The normalized spacial score (nSPS) is 14.9. The van der Waals surface area contributed by atoms with Crippen LogP contribution in [0.3, 0.4) is 0 Å². The summed E-state index contributed by atoms with van der Waals surface area (Å²) in [7, 11) is 0. The number of unbranched alkanes of at least 4 members (excludes halogenated alkanes) is 2. The molecule has 0 spiro atoms. The van der Waals surface area contributed by atoms with Gasteiger partial charge in [-0.05, 0) is 13.3 Å². The van der Waals surface area contributed by atoms with Crippen molar-refractivity contribution in [3.05, 3.63) is 0 Å². The van der Waals surface area contributed by atoms with E-state index in [0.29, 0.717) is 0 Å². The summed E-state index contributed by atoms with van der Waals surface area (Å²) in [4.78, 5) is 11.1. The van der Waals surface area contributed by atoms with Crippen LogP contribution in [-0.2, 0) is 9.53 Å². The molecule has 0 bridgehead atoms. The fourth-order valence-electron chi connectivity index (χ4n) is 1.13. The minimum absolute atomic E-state index is 0.121. The van der Waals surface area contributed by atoms with Gasteiger partial charge in [0, 0.05) is 5.38 Å². The molecule has 84 valence electrons. The lowest BCUT2D eigenvalue weighted by Crippen LogP contribution is -2.14. The summed E-state index contributed by atoms with van der Waals surface area (Å²) >= 11 is 11.4. The van der Waals surface area contributed by atoms with Crippen LogP contribution in [0.1, 0.15) is 46.0 Å². The largest absolute Gasteiger partial charge is 0.446 e. The van der Waals surface area contributed by atoms with E-state index in [1.54, 1.807) is 6.92 Å². The number of rotatable bonds is 7. The average molecular weight is 241 g/mol. The molecule has 0 rings (SSSR count). The molecule has 0 heterocycles. The maximum atomic E-state index is 11.1. The molecule has 0 aromatic heterocycles. The molecule has 0 saturated heterocycles. The first-order valence-corrected chi connectivity index (χ1v) is 5.91. The zero-order chi connectivity index (χ0) is 11.0. The third-order valence-corrected chi connectivity index (χ3v) is 2.26. The molecule has 0 aromatic carbocycles. The van der Waals surface area contributed by atoms with Crippen LogP contribution in [0.25, 0.3) is 0 Å². The van der Waals surface area contributed by atoms with Gasteiger partial charge >= 0.3 is 5.97 Å². The van der Waals surface area contributed by atoms with Gasteiger partial charge in [0.25, 0.3) is 0 Å². The van der Waals surface area contributed by atoms with E-state index in [9.17, 15) is 4.79 Å². The summed E-state index contributed by atoms with van der Waals surface area (Å²) in [5.74, 6) is -0.316. The van der Waals surface area contributed by atoms with E-state index >= 15 is 0 Å². The Morgan fingerprint density at radius 2 is 2.00 bits per heavy atom. The molecule has 0 aliphatic carbocycles. The van der Waals surface area contributed by atoms with Crippen LogP contribution in [0, 0.1) is 0 Å². The van der Waals surface area contributed by atoms with Gasteiger partial charge in [-0.1, -0.05) is 37.8 Å². The fraction of sp³-hybridized carbons (Fsp3) is 0.900. The van der Waals surface area contributed by atoms with Gasteiger partial charge in [0.2, 0.25) is 0 Å². The van der Waals surface area contributed by atoms with Crippen molar-refractivity contribution in [2.45, 2.75) is 56.9 Å². The van der Waals surface area contributed by atoms with Crippen LogP contribution in [-0.4, -0.2) is 16.9 Å². The van der Waals surface area contributed by atoms with Crippen LogP contribution in [0.15, 0.2) is 0 Å². The first-order valence-electron chi connectivity index (χ1n) is 5.03. The first-order chi connectivity index (χ1) is 6.56. The second-order valence-electron chi connectivity index (χ2n) is 3.33. The van der Waals surface area contributed by atoms with Gasteiger partial charge in [-0.15, -0.1) is 11.6 Å². The number of hydrogen-bond acceptors (Lipinski definition) is 2. The molecule has 0 fully saturated rings. The van der Waals surface area contributed by atoms with Gasteiger partial charge in [-0.2, -0.15) is 0 Å². The predicted molar refractivity (Wildman–Crippen MR) is 59.8 cm³/mol. The molecule has 0 radical (unpaired) electrons. The molecule has 0 amide bonds. The number of carbonyl (C=O) groups excluding carboxylic acids is 1. The zero-order valence-corrected chi connectivity index (χ0v) is 10.3. The molecule has 2 atom stereocenters. The maximum Gasteiger partial charge on any atom is 0.308 e. The van der Waals surface area contributed by atoms with Crippen LogP contribution in [0.2, 0.25) is 0 Å².